The topological polar surface area (TPSA) is 49.3 Å². The van der Waals surface area contributed by atoms with Crippen molar-refractivity contribution in [3.8, 4) is 0 Å². The highest BCUT2D eigenvalue weighted by atomic mass is 16.4. The largest absolute Gasteiger partial charge is 0.481 e. The maximum absolute atomic E-state index is 10.4. The molecule has 17 heavy (non-hydrogen) atoms. The summed E-state index contributed by atoms with van der Waals surface area (Å²) in [6.45, 7) is 5.42. The molecule has 3 heteroatoms. The lowest BCUT2D eigenvalue weighted by atomic mass is 9.93. The van der Waals surface area contributed by atoms with Gasteiger partial charge in [0.05, 0.1) is 0 Å². The summed E-state index contributed by atoms with van der Waals surface area (Å²) < 4.78 is 0. The summed E-state index contributed by atoms with van der Waals surface area (Å²) in [7, 11) is 0. The maximum atomic E-state index is 10.4. The number of nitrogens with one attached hydrogen (secondary N) is 1. The standard InChI is InChI=1S/C14H27NO2/c1-11(2)8-9-12-5-3-6-13(12)15-10-4-7-14(16)17/h11-13,15H,3-10H2,1-2H3,(H,16,17). The van der Waals surface area contributed by atoms with Crippen molar-refractivity contribution in [1.82, 2.24) is 5.32 Å². The van der Waals surface area contributed by atoms with Crippen molar-refractivity contribution in [1.29, 1.82) is 0 Å². The second-order valence-electron chi connectivity index (χ2n) is 5.72. The number of hydrogen-bond acceptors (Lipinski definition) is 2. The van der Waals surface area contributed by atoms with Crippen LogP contribution in [0.15, 0.2) is 0 Å². The van der Waals surface area contributed by atoms with Gasteiger partial charge in [0, 0.05) is 12.5 Å². The number of aliphatic carboxylic acids is 1. The lowest BCUT2D eigenvalue weighted by Crippen LogP contribution is -2.33. The van der Waals surface area contributed by atoms with E-state index in [1.807, 2.05) is 0 Å². The molecule has 0 aliphatic heterocycles. The second-order valence-corrected chi connectivity index (χ2v) is 5.72. The molecular weight excluding hydrogens is 214 g/mol. The molecule has 0 aromatic rings. The quantitative estimate of drug-likeness (QED) is 0.642. The van der Waals surface area contributed by atoms with E-state index in [9.17, 15) is 4.79 Å². The molecule has 0 saturated heterocycles. The molecule has 3 nitrogen and oxygen atoms in total. The van der Waals surface area contributed by atoms with Crippen LogP contribution < -0.4 is 5.32 Å². The fourth-order valence-corrected chi connectivity index (χ4v) is 2.73. The van der Waals surface area contributed by atoms with E-state index in [1.165, 1.54) is 32.1 Å². The number of carboxylic acid groups (broad SMARTS) is 1. The monoisotopic (exact) mass is 241 g/mol. The molecule has 0 heterocycles. The van der Waals surface area contributed by atoms with Crippen molar-refractivity contribution in [2.24, 2.45) is 11.8 Å². The van der Waals surface area contributed by atoms with Gasteiger partial charge < -0.3 is 10.4 Å². The van der Waals surface area contributed by atoms with Crippen LogP contribution in [-0.2, 0) is 4.79 Å². The highest BCUT2D eigenvalue weighted by Gasteiger charge is 2.26. The van der Waals surface area contributed by atoms with Crippen molar-refractivity contribution >= 4 is 5.97 Å². The Morgan fingerprint density at radius 1 is 1.41 bits per heavy atom. The predicted molar refractivity (Wildman–Crippen MR) is 70.1 cm³/mol. The van der Waals surface area contributed by atoms with Crippen LogP contribution in [0.3, 0.4) is 0 Å². The zero-order valence-electron chi connectivity index (χ0n) is 11.2. The second kappa shape index (κ2) is 7.70. The maximum Gasteiger partial charge on any atom is 0.303 e. The summed E-state index contributed by atoms with van der Waals surface area (Å²) in [6.07, 6.45) is 7.64. The average Bonchev–Trinajstić information content (AvgIpc) is 2.68. The number of carboxylic acids is 1. The Labute approximate surface area is 105 Å². The minimum Gasteiger partial charge on any atom is -0.481 e. The van der Waals surface area contributed by atoms with Crippen molar-refractivity contribution in [3.63, 3.8) is 0 Å². The molecule has 0 bridgehead atoms. The molecule has 1 saturated carbocycles. The first-order chi connectivity index (χ1) is 8.09. The molecule has 1 aliphatic carbocycles. The van der Waals surface area contributed by atoms with E-state index in [0.717, 1.165) is 24.8 Å². The van der Waals surface area contributed by atoms with Gasteiger partial charge in [0.2, 0.25) is 0 Å². The van der Waals surface area contributed by atoms with Gasteiger partial charge >= 0.3 is 5.97 Å². The molecule has 0 spiro atoms. The molecular formula is C14H27NO2. The van der Waals surface area contributed by atoms with E-state index >= 15 is 0 Å². The van der Waals surface area contributed by atoms with E-state index < -0.39 is 5.97 Å². The minimum absolute atomic E-state index is 0.288. The SMILES string of the molecule is CC(C)CCC1CCCC1NCCCC(=O)O. The molecule has 0 aromatic heterocycles. The summed E-state index contributed by atoms with van der Waals surface area (Å²) in [5.41, 5.74) is 0. The summed E-state index contributed by atoms with van der Waals surface area (Å²) in [4.78, 5) is 10.4. The molecule has 2 N–H and O–H groups in total. The molecule has 0 radical (unpaired) electrons. The Balaban J connectivity index is 2.15. The van der Waals surface area contributed by atoms with Gasteiger partial charge in [-0.15, -0.1) is 0 Å². The Bertz CT molecular complexity index is 228. The lowest BCUT2D eigenvalue weighted by molar-refractivity contribution is -0.137. The first-order valence-electron chi connectivity index (χ1n) is 7.04. The number of rotatable bonds is 8. The molecule has 2 atom stereocenters. The molecule has 2 unspecified atom stereocenters. The zero-order chi connectivity index (χ0) is 12.7. The van der Waals surface area contributed by atoms with E-state index in [1.54, 1.807) is 0 Å². The Morgan fingerprint density at radius 3 is 2.82 bits per heavy atom. The molecule has 0 amide bonds. The highest BCUT2D eigenvalue weighted by molar-refractivity contribution is 5.66. The first-order valence-corrected chi connectivity index (χ1v) is 7.04. The zero-order valence-corrected chi connectivity index (χ0v) is 11.2. The van der Waals surface area contributed by atoms with Gasteiger partial charge in [-0.2, -0.15) is 0 Å². The summed E-state index contributed by atoms with van der Waals surface area (Å²) >= 11 is 0. The van der Waals surface area contributed by atoms with Crippen molar-refractivity contribution in [3.05, 3.63) is 0 Å². The summed E-state index contributed by atoms with van der Waals surface area (Å²) in [5.74, 6) is 0.931. The van der Waals surface area contributed by atoms with E-state index in [-0.39, 0.29) is 6.42 Å². The lowest BCUT2D eigenvalue weighted by Gasteiger charge is -2.21. The minimum atomic E-state index is -0.686. The summed E-state index contributed by atoms with van der Waals surface area (Å²) in [5, 5.41) is 12.1. The average molecular weight is 241 g/mol. The molecule has 1 rings (SSSR count). The van der Waals surface area contributed by atoms with Crippen LogP contribution in [0.2, 0.25) is 0 Å². The van der Waals surface area contributed by atoms with Gasteiger partial charge in [0.25, 0.3) is 0 Å². The van der Waals surface area contributed by atoms with Crippen molar-refractivity contribution < 1.29 is 9.90 Å². The molecule has 100 valence electrons. The van der Waals surface area contributed by atoms with Crippen LogP contribution in [-0.4, -0.2) is 23.7 Å². The van der Waals surface area contributed by atoms with Crippen LogP contribution >= 0.6 is 0 Å². The Kier molecular flexibility index (Phi) is 6.56. The Morgan fingerprint density at radius 2 is 2.18 bits per heavy atom. The van der Waals surface area contributed by atoms with Gasteiger partial charge in [0.1, 0.15) is 0 Å². The van der Waals surface area contributed by atoms with Crippen LogP contribution in [0, 0.1) is 11.8 Å². The number of carbonyl (C=O) groups is 1. The number of hydrogen-bond donors (Lipinski definition) is 2. The smallest absolute Gasteiger partial charge is 0.303 e. The first kappa shape index (κ1) is 14.5. The van der Waals surface area contributed by atoms with Crippen LogP contribution in [0.1, 0.15) is 58.8 Å². The molecule has 0 aromatic carbocycles. The van der Waals surface area contributed by atoms with Gasteiger partial charge in [-0.25, -0.2) is 0 Å². The van der Waals surface area contributed by atoms with Gasteiger partial charge in [-0.3, -0.25) is 4.79 Å². The molecule has 1 aliphatic rings. The fraction of sp³-hybridized carbons (Fsp3) is 0.929. The fourth-order valence-electron chi connectivity index (χ4n) is 2.73. The summed E-state index contributed by atoms with van der Waals surface area (Å²) in [6, 6.07) is 0.641. The normalized spacial score (nSPS) is 24.4. The highest BCUT2D eigenvalue weighted by Crippen LogP contribution is 2.30. The van der Waals surface area contributed by atoms with Crippen LogP contribution in [0.25, 0.3) is 0 Å². The predicted octanol–water partition coefficient (Wildman–Crippen LogP) is 3.05. The third kappa shape index (κ3) is 6.06. The van der Waals surface area contributed by atoms with E-state index in [0.29, 0.717) is 6.04 Å². The van der Waals surface area contributed by atoms with E-state index in [4.69, 9.17) is 5.11 Å². The van der Waals surface area contributed by atoms with Crippen molar-refractivity contribution in [2.45, 2.75) is 64.8 Å². The van der Waals surface area contributed by atoms with Crippen LogP contribution in [0.5, 0.6) is 0 Å². The third-order valence-corrected chi connectivity index (χ3v) is 3.75. The Hall–Kier alpha value is -0.570. The van der Waals surface area contributed by atoms with Crippen molar-refractivity contribution in [2.75, 3.05) is 6.54 Å². The van der Waals surface area contributed by atoms with Gasteiger partial charge in [-0.1, -0.05) is 26.7 Å². The molecule has 1 fully saturated rings. The van der Waals surface area contributed by atoms with E-state index in [2.05, 4.69) is 19.2 Å². The van der Waals surface area contributed by atoms with Gasteiger partial charge in [-0.05, 0) is 44.1 Å². The van der Waals surface area contributed by atoms with Gasteiger partial charge in [0.15, 0.2) is 0 Å². The van der Waals surface area contributed by atoms with Crippen LogP contribution in [0.4, 0.5) is 0 Å². The third-order valence-electron chi connectivity index (χ3n) is 3.75.